The van der Waals surface area contributed by atoms with Gasteiger partial charge in [0.1, 0.15) is 6.29 Å². The van der Waals surface area contributed by atoms with Gasteiger partial charge < -0.3 is 5.11 Å². The van der Waals surface area contributed by atoms with Gasteiger partial charge in [0.15, 0.2) is 0 Å². The summed E-state index contributed by atoms with van der Waals surface area (Å²) >= 11 is 0. The van der Waals surface area contributed by atoms with Crippen LogP contribution in [0.2, 0.25) is 0 Å². The highest BCUT2D eigenvalue weighted by Crippen LogP contribution is 2.21. The lowest BCUT2D eigenvalue weighted by molar-refractivity contribution is -0.131. The molecule has 0 aliphatic carbocycles. The molecule has 0 saturated carbocycles. The maximum absolute atomic E-state index is 11.0. The molecular weight excluding hydrogens is 364 g/mol. The van der Waals surface area contributed by atoms with Crippen molar-refractivity contribution in [2.45, 2.75) is 39.0 Å². The van der Waals surface area contributed by atoms with Gasteiger partial charge in [-0.3, -0.25) is 14.6 Å². The quantitative estimate of drug-likeness (QED) is 0.575. The second kappa shape index (κ2) is 9.63. The van der Waals surface area contributed by atoms with E-state index in [0.29, 0.717) is 12.1 Å². The van der Waals surface area contributed by atoms with E-state index >= 15 is 0 Å². The Kier molecular flexibility index (Phi) is 6.96. The van der Waals surface area contributed by atoms with Crippen LogP contribution in [0.5, 0.6) is 0 Å². The third-order valence-corrected chi connectivity index (χ3v) is 5.43. The van der Waals surface area contributed by atoms with Crippen LogP contribution < -0.4 is 0 Å². The first-order valence-corrected chi connectivity index (χ1v) is 9.97. The number of benzene rings is 2. The van der Waals surface area contributed by atoms with Crippen molar-refractivity contribution < 1.29 is 14.7 Å². The van der Waals surface area contributed by atoms with Crippen LogP contribution in [-0.4, -0.2) is 52.3 Å². The highest BCUT2D eigenvalue weighted by atomic mass is 16.4. The Labute approximate surface area is 172 Å². The van der Waals surface area contributed by atoms with Crippen LogP contribution >= 0.6 is 0 Å². The summed E-state index contributed by atoms with van der Waals surface area (Å²) in [5, 5.41) is 8.73. The molecule has 0 aromatic heterocycles. The minimum atomic E-state index is -0.938. The molecular formula is C24H28N2O3. The van der Waals surface area contributed by atoms with Crippen LogP contribution in [0, 0.1) is 0 Å². The molecule has 3 rings (SSSR count). The van der Waals surface area contributed by atoms with Gasteiger partial charge in [-0.25, -0.2) is 4.79 Å². The van der Waals surface area contributed by atoms with E-state index in [2.05, 4.69) is 41.8 Å². The lowest BCUT2D eigenvalue weighted by Gasteiger charge is -2.44. The average Bonchev–Trinajstić information content (AvgIpc) is 2.70. The summed E-state index contributed by atoms with van der Waals surface area (Å²) in [5.41, 5.74) is 4.01. The molecule has 2 aromatic carbocycles. The van der Waals surface area contributed by atoms with E-state index in [1.165, 1.54) is 11.1 Å². The van der Waals surface area contributed by atoms with Crippen LogP contribution in [0.1, 0.15) is 40.9 Å². The first-order chi connectivity index (χ1) is 13.9. The van der Waals surface area contributed by atoms with Gasteiger partial charge in [0.05, 0.1) is 0 Å². The van der Waals surface area contributed by atoms with Gasteiger partial charge in [-0.2, -0.15) is 0 Å². The van der Waals surface area contributed by atoms with Crippen molar-refractivity contribution in [2.75, 3.05) is 13.1 Å². The fourth-order valence-electron chi connectivity index (χ4n) is 4.04. The van der Waals surface area contributed by atoms with Crippen LogP contribution in [-0.2, 0) is 17.9 Å². The molecule has 0 radical (unpaired) electrons. The summed E-state index contributed by atoms with van der Waals surface area (Å²) in [7, 11) is 0. The average molecular weight is 392 g/mol. The normalized spacial score (nSPS) is 20.8. The smallest absolute Gasteiger partial charge is 0.328 e. The maximum atomic E-state index is 11.0. The SMILES string of the molecule is C[C@@H]1CN(Cc2cccc(C=O)c2)C[C@H](C)N1Cc1ccc(C=CC(=O)O)cc1. The molecule has 0 amide bonds. The minimum Gasteiger partial charge on any atom is -0.478 e. The molecule has 0 bridgehead atoms. The summed E-state index contributed by atoms with van der Waals surface area (Å²) < 4.78 is 0. The Morgan fingerprint density at radius 3 is 2.31 bits per heavy atom. The molecule has 1 aliphatic heterocycles. The fourth-order valence-corrected chi connectivity index (χ4v) is 4.04. The van der Waals surface area contributed by atoms with Crippen molar-refractivity contribution in [3.63, 3.8) is 0 Å². The van der Waals surface area contributed by atoms with Crippen molar-refractivity contribution in [1.29, 1.82) is 0 Å². The second-order valence-electron chi connectivity index (χ2n) is 7.84. The predicted molar refractivity (Wildman–Crippen MR) is 115 cm³/mol. The molecule has 0 spiro atoms. The number of rotatable bonds is 7. The molecule has 5 heteroatoms. The lowest BCUT2D eigenvalue weighted by Crippen LogP contribution is -2.55. The Balaban J connectivity index is 1.60. The molecule has 2 aromatic rings. The third kappa shape index (κ3) is 5.86. The number of carbonyl (C=O) groups is 2. The van der Waals surface area contributed by atoms with Crippen molar-refractivity contribution >= 4 is 18.3 Å². The van der Waals surface area contributed by atoms with Crippen molar-refractivity contribution in [1.82, 2.24) is 9.80 Å². The largest absolute Gasteiger partial charge is 0.478 e. The van der Waals surface area contributed by atoms with Gasteiger partial charge in [0, 0.05) is 49.9 Å². The topological polar surface area (TPSA) is 60.9 Å². The Morgan fingerprint density at radius 1 is 1.00 bits per heavy atom. The molecule has 1 fully saturated rings. The molecule has 1 saturated heterocycles. The molecule has 152 valence electrons. The standard InChI is InChI=1S/C24H28N2O3/c1-18-13-25(15-22-4-3-5-23(12-22)17-27)14-19(2)26(18)16-21-8-6-20(7-9-21)10-11-24(28)29/h3-12,17-19H,13-16H2,1-2H3,(H,28,29)/t18-,19+. The first kappa shape index (κ1) is 21.0. The second-order valence-corrected chi connectivity index (χ2v) is 7.84. The van der Waals surface area contributed by atoms with Gasteiger partial charge >= 0.3 is 5.97 Å². The molecule has 29 heavy (non-hydrogen) atoms. The highest BCUT2D eigenvalue weighted by molar-refractivity contribution is 5.85. The molecule has 5 nitrogen and oxygen atoms in total. The Hall–Kier alpha value is -2.76. The summed E-state index contributed by atoms with van der Waals surface area (Å²) in [5.74, 6) is -0.938. The van der Waals surface area contributed by atoms with Gasteiger partial charge in [-0.1, -0.05) is 42.5 Å². The highest BCUT2D eigenvalue weighted by Gasteiger charge is 2.29. The van der Waals surface area contributed by atoms with E-state index in [-0.39, 0.29) is 0 Å². The van der Waals surface area contributed by atoms with E-state index < -0.39 is 5.97 Å². The van der Waals surface area contributed by atoms with E-state index in [9.17, 15) is 9.59 Å². The van der Waals surface area contributed by atoms with E-state index in [1.54, 1.807) is 6.08 Å². The number of carbonyl (C=O) groups excluding carboxylic acids is 1. The molecule has 2 atom stereocenters. The van der Waals surface area contributed by atoms with E-state index in [0.717, 1.165) is 49.7 Å². The number of piperazine rings is 1. The molecule has 0 unspecified atom stereocenters. The summed E-state index contributed by atoms with van der Waals surface area (Å²) in [6, 6.07) is 16.7. The van der Waals surface area contributed by atoms with Crippen molar-refractivity contribution in [2.24, 2.45) is 0 Å². The Bertz CT molecular complexity index is 864. The van der Waals surface area contributed by atoms with Crippen molar-refractivity contribution in [3.05, 3.63) is 76.9 Å². The van der Waals surface area contributed by atoms with Gasteiger partial charge in [0.2, 0.25) is 0 Å². The van der Waals surface area contributed by atoms with Crippen molar-refractivity contribution in [3.8, 4) is 0 Å². The fraction of sp³-hybridized carbons (Fsp3) is 0.333. The zero-order valence-electron chi connectivity index (χ0n) is 17.0. The third-order valence-electron chi connectivity index (χ3n) is 5.43. The molecule has 1 heterocycles. The van der Waals surface area contributed by atoms with Crippen LogP contribution in [0.4, 0.5) is 0 Å². The number of carboxylic acid groups (broad SMARTS) is 1. The zero-order valence-corrected chi connectivity index (χ0v) is 17.0. The number of aldehydes is 1. The van der Waals surface area contributed by atoms with Crippen LogP contribution in [0.15, 0.2) is 54.6 Å². The number of hydrogen-bond acceptors (Lipinski definition) is 4. The zero-order chi connectivity index (χ0) is 20.8. The number of aliphatic carboxylic acids is 1. The predicted octanol–water partition coefficient (Wildman–Crippen LogP) is 3.69. The number of nitrogens with zero attached hydrogens (tertiary/aromatic N) is 2. The summed E-state index contributed by atoms with van der Waals surface area (Å²) in [6.07, 6.45) is 3.66. The summed E-state index contributed by atoms with van der Waals surface area (Å²) in [4.78, 5) is 26.6. The monoisotopic (exact) mass is 392 g/mol. The molecule has 1 N–H and O–H groups in total. The number of carboxylic acids is 1. The van der Waals surface area contributed by atoms with Gasteiger partial charge in [-0.15, -0.1) is 0 Å². The lowest BCUT2D eigenvalue weighted by atomic mass is 10.0. The maximum Gasteiger partial charge on any atom is 0.328 e. The van der Waals surface area contributed by atoms with Gasteiger partial charge in [0.25, 0.3) is 0 Å². The van der Waals surface area contributed by atoms with Crippen LogP contribution in [0.25, 0.3) is 6.08 Å². The first-order valence-electron chi connectivity index (χ1n) is 9.97. The Morgan fingerprint density at radius 2 is 1.69 bits per heavy atom. The molecule has 1 aliphatic rings. The minimum absolute atomic E-state index is 0.416. The van der Waals surface area contributed by atoms with Gasteiger partial charge in [-0.05, 0) is 42.7 Å². The summed E-state index contributed by atoms with van der Waals surface area (Å²) in [6.45, 7) is 8.21. The van der Waals surface area contributed by atoms with Crippen LogP contribution in [0.3, 0.4) is 0 Å². The van der Waals surface area contributed by atoms with E-state index in [4.69, 9.17) is 5.11 Å². The van der Waals surface area contributed by atoms with E-state index in [1.807, 2.05) is 30.3 Å². The number of hydrogen-bond donors (Lipinski definition) is 1.